The van der Waals surface area contributed by atoms with E-state index in [0.29, 0.717) is 18.7 Å². The Bertz CT molecular complexity index is 435. The molecule has 17 heavy (non-hydrogen) atoms. The van der Waals surface area contributed by atoms with Crippen molar-refractivity contribution in [2.75, 3.05) is 13.1 Å². The van der Waals surface area contributed by atoms with Gasteiger partial charge in [0.25, 0.3) is 5.91 Å². The second kappa shape index (κ2) is 6.24. The molecule has 0 aliphatic rings. The number of carbonyl (C=O) groups excluding carboxylic acids is 2. The molecule has 0 fully saturated rings. The summed E-state index contributed by atoms with van der Waals surface area (Å²) in [6, 6.07) is 4.77. The Morgan fingerprint density at radius 2 is 1.94 bits per heavy atom. The van der Waals surface area contributed by atoms with Gasteiger partial charge in [-0.3, -0.25) is 4.79 Å². The Morgan fingerprint density at radius 1 is 1.29 bits per heavy atom. The second-order valence-corrected chi connectivity index (χ2v) is 4.37. The molecule has 0 aliphatic carbocycles. The van der Waals surface area contributed by atoms with E-state index in [9.17, 15) is 9.59 Å². The molecule has 0 bridgehead atoms. The van der Waals surface area contributed by atoms with Crippen LogP contribution in [0.1, 0.15) is 15.9 Å². The van der Waals surface area contributed by atoms with Gasteiger partial charge in [-0.15, -0.1) is 0 Å². The molecule has 0 aromatic heterocycles. The number of hydrogen-bond acceptors (Lipinski definition) is 2. The van der Waals surface area contributed by atoms with Crippen LogP contribution in [-0.2, 0) is 0 Å². The van der Waals surface area contributed by atoms with Crippen LogP contribution in [0.5, 0.6) is 0 Å². The summed E-state index contributed by atoms with van der Waals surface area (Å²) in [5.74, 6) is -0.183. The highest BCUT2D eigenvalue weighted by atomic mass is 79.9. The van der Waals surface area contributed by atoms with Crippen molar-refractivity contribution >= 4 is 27.9 Å². The van der Waals surface area contributed by atoms with Gasteiger partial charge < -0.3 is 16.4 Å². The quantitative estimate of drug-likeness (QED) is 0.729. The number of urea groups is 1. The first-order valence-corrected chi connectivity index (χ1v) is 5.87. The molecule has 92 valence electrons. The lowest BCUT2D eigenvalue weighted by Gasteiger charge is -2.06. The molecule has 0 heterocycles. The van der Waals surface area contributed by atoms with Crippen LogP contribution in [0.4, 0.5) is 4.79 Å². The third-order valence-corrected chi connectivity index (χ3v) is 3.00. The van der Waals surface area contributed by atoms with E-state index in [2.05, 4.69) is 26.6 Å². The minimum absolute atomic E-state index is 0.183. The summed E-state index contributed by atoms with van der Waals surface area (Å²) in [6.07, 6.45) is 0. The fraction of sp³-hybridized carbons (Fsp3) is 0.273. The fourth-order valence-corrected chi connectivity index (χ4v) is 1.58. The Labute approximate surface area is 108 Å². The Morgan fingerprint density at radius 3 is 2.53 bits per heavy atom. The highest BCUT2D eigenvalue weighted by molar-refractivity contribution is 9.10. The summed E-state index contributed by atoms with van der Waals surface area (Å²) in [4.78, 5) is 22.1. The molecule has 0 unspecified atom stereocenters. The summed E-state index contributed by atoms with van der Waals surface area (Å²) in [5, 5.41) is 5.06. The molecule has 1 aromatic carbocycles. The lowest BCUT2D eigenvalue weighted by Crippen LogP contribution is -2.37. The number of aryl methyl sites for hydroxylation is 1. The van der Waals surface area contributed by atoms with Crippen molar-refractivity contribution < 1.29 is 9.59 Å². The van der Waals surface area contributed by atoms with Gasteiger partial charge in [0.1, 0.15) is 0 Å². The van der Waals surface area contributed by atoms with Gasteiger partial charge in [-0.1, -0.05) is 22.0 Å². The van der Waals surface area contributed by atoms with E-state index in [4.69, 9.17) is 5.73 Å². The average Bonchev–Trinajstić information content (AvgIpc) is 2.27. The summed E-state index contributed by atoms with van der Waals surface area (Å²) in [5.41, 5.74) is 6.53. The lowest BCUT2D eigenvalue weighted by molar-refractivity contribution is 0.0954. The summed E-state index contributed by atoms with van der Waals surface area (Å²) in [6.45, 7) is 2.60. The van der Waals surface area contributed by atoms with E-state index in [0.717, 1.165) is 10.0 Å². The molecule has 0 spiro atoms. The van der Waals surface area contributed by atoms with E-state index >= 15 is 0 Å². The number of halogens is 1. The maximum Gasteiger partial charge on any atom is 0.312 e. The largest absolute Gasteiger partial charge is 0.352 e. The molecule has 1 rings (SSSR count). The van der Waals surface area contributed by atoms with Crippen LogP contribution in [0, 0.1) is 6.92 Å². The predicted octanol–water partition coefficient (Wildman–Crippen LogP) is 1.16. The lowest BCUT2D eigenvalue weighted by atomic mass is 10.1. The normalized spacial score (nSPS) is 9.76. The predicted molar refractivity (Wildman–Crippen MR) is 68.8 cm³/mol. The fourth-order valence-electron chi connectivity index (χ4n) is 1.20. The molecule has 6 heteroatoms. The molecule has 1 aromatic rings. The van der Waals surface area contributed by atoms with Gasteiger partial charge in [0, 0.05) is 23.1 Å². The van der Waals surface area contributed by atoms with Crippen LogP contribution >= 0.6 is 15.9 Å². The van der Waals surface area contributed by atoms with Gasteiger partial charge in [0.2, 0.25) is 0 Å². The third-order valence-electron chi connectivity index (χ3n) is 2.14. The van der Waals surface area contributed by atoms with Gasteiger partial charge in [-0.2, -0.15) is 0 Å². The molecule has 0 saturated heterocycles. The minimum atomic E-state index is -0.600. The molecule has 0 radical (unpaired) electrons. The van der Waals surface area contributed by atoms with E-state index in [1.807, 2.05) is 13.0 Å². The van der Waals surface area contributed by atoms with E-state index in [-0.39, 0.29) is 5.91 Å². The number of rotatable bonds is 4. The zero-order valence-corrected chi connectivity index (χ0v) is 11.0. The first kappa shape index (κ1) is 13.5. The molecule has 4 N–H and O–H groups in total. The number of amides is 3. The monoisotopic (exact) mass is 299 g/mol. The topological polar surface area (TPSA) is 84.2 Å². The van der Waals surface area contributed by atoms with Crippen molar-refractivity contribution in [3.63, 3.8) is 0 Å². The van der Waals surface area contributed by atoms with E-state index < -0.39 is 6.03 Å². The first-order chi connectivity index (χ1) is 8.00. The molecule has 0 aliphatic heterocycles. The van der Waals surface area contributed by atoms with Gasteiger partial charge >= 0.3 is 6.03 Å². The van der Waals surface area contributed by atoms with E-state index in [1.165, 1.54) is 0 Å². The molecule has 0 saturated carbocycles. The second-order valence-electron chi connectivity index (χ2n) is 3.51. The Balaban J connectivity index is 2.47. The number of nitrogens with two attached hydrogens (primary N) is 1. The van der Waals surface area contributed by atoms with E-state index in [1.54, 1.807) is 12.1 Å². The number of hydrogen-bond donors (Lipinski definition) is 3. The molecular formula is C11H14BrN3O2. The summed E-state index contributed by atoms with van der Waals surface area (Å²) < 4.78 is 0.889. The van der Waals surface area contributed by atoms with Crippen molar-refractivity contribution in [3.05, 3.63) is 33.8 Å². The van der Waals surface area contributed by atoms with Crippen LogP contribution in [0.3, 0.4) is 0 Å². The van der Waals surface area contributed by atoms with Crippen LogP contribution in [-0.4, -0.2) is 25.0 Å². The van der Waals surface area contributed by atoms with Crippen LogP contribution in [0.25, 0.3) is 0 Å². The zero-order valence-electron chi connectivity index (χ0n) is 9.42. The van der Waals surface area contributed by atoms with Gasteiger partial charge in [-0.05, 0) is 24.6 Å². The van der Waals surface area contributed by atoms with Crippen LogP contribution in [0.15, 0.2) is 22.7 Å². The molecule has 0 atom stereocenters. The number of primary amides is 1. The third kappa shape index (κ3) is 4.44. The maximum atomic E-state index is 11.7. The smallest absolute Gasteiger partial charge is 0.312 e. The number of benzene rings is 1. The maximum absolute atomic E-state index is 11.7. The molecule has 3 amide bonds. The number of nitrogens with one attached hydrogen (secondary N) is 2. The Kier molecular flexibility index (Phi) is 4.96. The minimum Gasteiger partial charge on any atom is -0.352 e. The van der Waals surface area contributed by atoms with Crippen molar-refractivity contribution in [3.8, 4) is 0 Å². The average molecular weight is 300 g/mol. The van der Waals surface area contributed by atoms with Gasteiger partial charge in [0.05, 0.1) is 0 Å². The zero-order chi connectivity index (χ0) is 12.8. The summed E-state index contributed by atoms with van der Waals surface area (Å²) in [7, 11) is 0. The molecule has 5 nitrogen and oxygen atoms in total. The summed E-state index contributed by atoms with van der Waals surface area (Å²) >= 11 is 3.36. The highest BCUT2D eigenvalue weighted by Gasteiger charge is 2.06. The Hall–Kier alpha value is -1.56. The molecular weight excluding hydrogens is 286 g/mol. The van der Waals surface area contributed by atoms with Crippen LogP contribution < -0.4 is 16.4 Å². The van der Waals surface area contributed by atoms with Crippen molar-refractivity contribution in [2.24, 2.45) is 5.73 Å². The van der Waals surface area contributed by atoms with Gasteiger partial charge in [-0.25, -0.2) is 4.79 Å². The van der Waals surface area contributed by atoms with Crippen LogP contribution in [0.2, 0.25) is 0 Å². The van der Waals surface area contributed by atoms with Gasteiger partial charge in [0.15, 0.2) is 0 Å². The van der Waals surface area contributed by atoms with Crippen molar-refractivity contribution in [1.82, 2.24) is 10.6 Å². The van der Waals surface area contributed by atoms with Crippen molar-refractivity contribution in [2.45, 2.75) is 6.92 Å². The first-order valence-electron chi connectivity index (χ1n) is 5.08. The standard InChI is InChI=1S/C11H14BrN3O2/c1-7-2-3-8(6-9(7)12)10(16)14-4-5-15-11(13)17/h2-3,6H,4-5H2,1H3,(H,14,16)(H3,13,15,17). The number of carbonyl (C=O) groups is 2. The SMILES string of the molecule is Cc1ccc(C(=O)NCCNC(N)=O)cc1Br. The van der Waals surface area contributed by atoms with Crippen molar-refractivity contribution in [1.29, 1.82) is 0 Å². The highest BCUT2D eigenvalue weighted by Crippen LogP contribution is 2.17.